The van der Waals surface area contributed by atoms with Crippen LogP contribution in [-0.4, -0.2) is 23.2 Å². The normalized spacial score (nSPS) is 11.7. The number of hydrogen-bond acceptors (Lipinski definition) is 6. The molecule has 1 heterocycles. The molecule has 0 aliphatic rings. The van der Waals surface area contributed by atoms with Gasteiger partial charge in [-0.25, -0.2) is 4.39 Å². The zero-order valence-corrected chi connectivity index (χ0v) is 18.2. The Kier molecular flexibility index (Phi) is 6.51. The highest BCUT2D eigenvalue weighted by Crippen LogP contribution is 2.37. The van der Waals surface area contributed by atoms with Gasteiger partial charge in [0.15, 0.2) is 0 Å². The molecule has 0 saturated carbocycles. The van der Waals surface area contributed by atoms with Gasteiger partial charge in [-0.1, -0.05) is 36.4 Å². The van der Waals surface area contributed by atoms with E-state index in [4.69, 9.17) is 9.15 Å². The Balaban J connectivity index is 1.60. The Morgan fingerprint density at radius 1 is 1.06 bits per heavy atom. The number of nitrogens with zero attached hydrogens (tertiary/aromatic N) is 2. The van der Waals surface area contributed by atoms with Crippen LogP contribution in [0.3, 0.4) is 0 Å². The lowest BCUT2D eigenvalue weighted by Gasteiger charge is -2.17. The van der Waals surface area contributed by atoms with Crippen molar-refractivity contribution >= 4 is 23.4 Å². The zero-order chi connectivity index (χ0) is 22.5. The van der Waals surface area contributed by atoms with E-state index in [9.17, 15) is 9.18 Å². The minimum Gasteiger partial charge on any atom is -0.495 e. The maximum absolute atomic E-state index is 13.3. The standard InChI is InChI=1S/C24H20FN3O3S/c1-15-8-13-20(30-2)19(14-15)26-22(29)21(16-6-4-3-5-7-16)32-24-28-27-23(31-24)17-9-11-18(25)12-10-17/h3-14,21H,1-2H3,(H,26,29). The summed E-state index contributed by atoms with van der Waals surface area (Å²) in [5.41, 5.74) is 2.95. The summed E-state index contributed by atoms with van der Waals surface area (Å²) >= 11 is 1.14. The summed E-state index contributed by atoms with van der Waals surface area (Å²) in [6.07, 6.45) is 0. The molecule has 4 rings (SSSR count). The van der Waals surface area contributed by atoms with E-state index < -0.39 is 5.25 Å². The second-order valence-electron chi connectivity index (χ2n) is 6.98. The summed E-state index contributed by atoms with van der Waals surface area (Å²) in [4.78, 5) is 13.3. The van der Waals surface area contributed by atoms with E-state index in [1.807, 2.05) is 55.5 Å². The summed E-state index contributed by atoms with van der Waals surface area (Å²) < 4.78 is 24.3. The number of aromatic nitrogens is 2. The topological polar surface area (TPSA) is 77.2 Å². The monoisotopic (exact) mass is 449 g/mol. The highest BCUT2D eigenvalue weighted by atomic mass is 32.2. The molecule has 162 valence electrons. The number of aryl methyl sites for hydroxylation is 1. The SMILES string of the molecule is COc1ccc(C)cc1NC(=O)C(Sc1nnc(-c2ccc(F)cc2)o1)c1ccccc1. The molecular weight excluding hydrogens is 429 g/mol. The highest BCUT2D eigenvalue weighted by molar-refractivity contribution is 8.00. The number of methoxy groups -OCH3 is 1. The third-order valence-corrected chi connectivity index (χ3v) is 5.76. The van der Waals surface area contributed by atoms with Gasteiger partial charge in [-0.3, -0.25) is 4.79 Å². The van der Waals surface area contributed by atoms with Crippen LogP contribution >= 0.6 is 11.8 Å². The van der Waals surface area contributed by atoms with E-state index >= 15 is 0 Å². The molecule has 0 aliphatic carbocycles. The Morgan fingerprint density at radius 2 is 1.81 bits per heavy atom. The van der Waals surface area contributed by atoms with Gasteiger partial charge >= 0.3 is 0 Å². The van der Waals surface area contributed by atoms with Crippen molar-refractivity contribution in [2.45, 2.75) is 17.4 Å². The number of benzene rings is 3. The van der Waals surface area contributed by atoms with Crippen LogP contribution in [0.5, 0.6) is 5.75 Å². The van der Waals surface area contributed by atoms with Crippen molar-refractivity contribution in [3.63, 3.8) is 0 Å². The Hall–Kier alpha value is -3.65. The number of carbonyl (C=O) groups is 1. The van der Waals surface area contributed by atoms with E-state index in [1.165, 1.54) is 12.1 Å². The van der Waals surface area contributed by atoms with Crippen LogP contribution in [0.4, 0.5) is 10.1 Å². The fourth-order valence-electron chi connectivity index (χ4n) is 3.09. The molecule has 32 heavy (non-hydrogen) atoms. The quantitative estimate of drug-likeness (QED) is 0.367. The van der Waals surface area contributed by atoms with E-state index in [0.29, 0.717) is 17.0 Å². The largest absolute Gasteiger partial charge is 0.495 e. The average molecular weight is 450 g/mol. The van der Waals surface area contributed by atoms with Gasteiger partial charge in [0.05, 0.1) is 12.8 Å². The van der Waals surface area contributed by atoms with E-state index in [0.717, 1.165) is 22.9 Å². The molecule has 1 aromatic heterocycles. The molecule has 0 aliphatic heterocycles. The lowest BCUT2D eigenvalue weighted by atomic mass is 10.1. The zero-order valence-electron chi connectivity index (χ0n) is 17.4. The molecule has 1 amide bonds. The van der Waals surface area contributed by atoms with Gasteiger partial charge in [0.2, 0.25) is 11.8 Å². The third kappa shape index (κ3) is 4.97. The summed E-state index contributed by atoms with van der Waals surface area (Å²) in [7, 11) is 1.55. The minimum atomic E-state index is -0.650. The van der Waals surface area contributed by atoms with Crippen LogP contribution in [0.1, 0.15) is 16.4 Å². The smallest absolute Gasteiger partial charge is 0.277 e. The predicted molar refractivity (Wildman–Crippen MR) is 121 cm³/mol. The van der Waals surface area contributed by atoms with E-state index in [-0.39, 0.29) is 22.8 Å². The second kappa shape index (κ2) is 9.65. The number of hydrogen-bond donors (Lipinski definition) is 1. The van der Waals surface area contributed by atoms with Gasteiger partial charge in [-0.05, 0) is 66.2 Å². The van der Waals surface area contributed by atoms with Crippen molar-refractivity contribution in [2.24, 2.45) is 0 Å². The first-order chi connectivity index (χ1) is 15.5. The summed E-state index contributed by atoms with van der Waals surface area (Å²) in [5, 5.41) is 10.6. The second-order valence-corrected chi connectivity index (χ2v) is 8.04. The van der Waals surface area contributed by atoms with E-state index in [2.05, 4.69) is 15.5 Å². The van der Waals surface area contributed by atoms with Crippen molar-refractivity contribution in [2.75, 3.05) is 12.4 Å². The Labute approximate surface area is 188 Å². The number of nitrogens with one attached hydrogen (secondary N) is 1. The van der Waals surface area contributed by atoms with Crippen LogP contribution in [0, 0.1) is 12.7 Å². The van der Waals surface area contributed by atoms with Gasteiger partial charge in [0, 0.05) is 5.56 Å². The lowest BCUT2D eigenvalue weighted by molar-refractivity contribution is -0.115. The van der Waals surface area contributed by atoms with Crippen molar-refractivity contribution in [1.82, 2.24) is 10.2 Å². The third-order valence-electron chi connectivity index (χ3n) is 4.67. The number of amides is 1. The Morgan fingerprint density at radius 3 is 2.53 bits per heavy atom. The van der Waals surface area contributed by atoms with Gasteiger partial charge in [0.25, 0.3) is 5.22 Å². The fourth-order valence-corrected chi connectivity index (χ4v) is 3.96. The first-order valence-electron chi connectivity index (χ1n) is 9.80. The fraction of sp³-hybridized carbons (Fsp3) is 0.125. The van der Waals surface area contributed by atoms with Gasteiger partial charge in [-0.15, -0.1) is 10.2 Å². The minimum absolute atomic E-state index is 0.226. The van der Waals surface area contributed by atoms with Gasteiger partial charge < -0.3 is 14.5 Å². The Bertz CT molecular complexity index is 1210. The number of rotatable bonds is 7. The molecule has 0 bridgehead atoms. The van der Waals surface area contributed by atoms with Crippen molar-refractivity contribution in [3.05, 3.63) is 89.7 Å². The molecular formula is C24H20FN3O3S. The summed E-state index contributed by atoms with van der Waals surface area (Å²) in [5.74, 6) is 0.208. The van der Waals surface area contributed by atoms with Crippen molar-refractivity contribution < 1.29 is 18.3 Å². The maximum Gasteiger partial charge on any atom is 0.277 e. The molecule has 0 saturated heterocycles. The number of ether oxygens (including phenoxy) is 1. The highest BCUT2D eigenvalue weighted by Gasteiger charge is 2.26. The first kappa shape index (κ1) is 21.6. The van der Waals surface area contributed by atoms with Crippen LogP contribution in [0.25, 0.3) is 11.5 Å². The lowest BCUT2D eigenvalue weighted by Crippen LogP contribution is -2.19. The molecule has 0 radical (unpaired) electrons. The molecule has 0 spiro atoms. The number of carbonyl (C=O) groups excluding carboxylic acids is 1. The summed E-state index contributed by atoms with van der Waals surface area (Å²) in [6.45, 7) is 1.94. The number of halogens is 1. The number of anilines is 1. The summed E-state index contributed by atoms with van der Waals surface area (Å²) in [6, 6.07) is 20.7. The van der Waals surface area contributed by atoms with Crippen LogP contribution in [-0.2, 0) is 4.79 Å². The molecule has 3 aromatic carbocycles. The molecule has 6 nitrogen and oxygen atoms in total. The van der Waals surface area contributed by atoms with Crippen LogP contribution in [0.15, 0.2) is 82.4 Å². The van der Waals surface area contributed by atoms with Crippen molar-refractivity contribution in [3.8, 4) is 17.2 Å². The van der Waals surface area contributed by atoms with Crippen LogP contribution in [0.2, 0.25) is 0 Å². The molecule has 4 aromatic rings. The molecule has 1 N–H and O–H groups in total. The van der Waals surface area contributed by atoms with Crippen molar-refractivity contribution in [1.29, 1.82) is 0 Å². The van der Waals surface area contributed by atoms with Crippen LogP contribution < -0.4 is 10.1 Å². The molecule has 1 atom stereocenters. The number of thioether (sulfide) groups is 1. The average Bonchev–Trinajstić information content (AvgIpc) is 3.27. The maximum atomic E-state index is 13.3. The first-order valence-corrected chi connectivity index (χ1v) is 10.7. The molecule has 1 unspecified atom stereocenters. The van der Waals surface area contributed by atoms with E-state index in [1.54, 1.807) is 19.2 Å². The molecule has 8 heteroatoms. The van der Waals surface area contributed by atoms with Gasteiger partial charge in [0.1, 0.15) is 16.8 Å². The predicted octanol–water partition coefficient (Wildman–Crippen LogP) is 5.66. The van der Waals surface area contributed by atoms with Gasteiger partial charge in [-0.2, -0.15) is 0 Å². The molecule has 0 fully saturated rings.